The van der Waals surface area contributed by atoms with Gasteiger partial charge in [-0.3, -0.25) is 4.90 Å². The molecule has 2 aromatic rings. The zero-order valence-corrected chi connectivity index (χ0v) is 11.4. The van der Waals surface area contributed by atoms with Gasteiger partial charge < -0.3 is 5.11 Å². The van der Waals surface area contributed by atoms with Gasteiger partial charge >= 0.3 is 0 Å². The smallest absolute Gasteiger partial charge is 0.0840 e. The molecule has 0 spiro atoms. The van der Waals surface area contributed by atoms with Gasteiger partial charge in [-0.1, -0.05) is 54.6 Å². The minimum absolute atomic E-state index is 0.281. The molecule has 4 rings (SSSR count). The molecule has 0 aromatic heterocycles. The van der Waals surface area contributed by atoms with E-state index < -0.39 is 0 Å². The summed E-state index contributed by atoms with van der Waals surface area (Å²) in [5.74, 6) is 0.371. The summed E-state index contributed by atoms with van der Waals surface area (Å²) in [5.41, 5.74) is 3.82. The van der Waals surface area contributed by atoms with Crippen LogP contribution in [0.1, 0.15) is 35.3 Å². The Morgan fingerprint density at radius 1 is 0.950 bits per heavy atom. The second-order valence-electron chi connectivity index (χ2n) is 5.93. The van der Waals surface area contributed by atoms with E-state index in [1.807, 2.05) is 6.07 Å². The van der Waals surface area contributed by atoms with E-state index in [-0.39, 0.29) is 6.10 Å². The molecule has 1 heterocycles. The second kappa shape index (κ2) is 4.72. The topological polar surface area (TPSA) is 23.5 Å². The lowest BCUT2D eigenvalue weighted by Gasteiger charge is -2.25. The Hall–Kier alpha value is -1.64. The van der Waals surface area contributed by atoms with Crippen molar-refractivity contribution in [3.63, 3.8) is 0 Å². The summed E-state index contributed by atoms with van der Waals surface area (Å²) < 4.78 is 0. The molecule has 0 amide bonds. The van der Waals surface area contributed by atoms with Gasteiger partial charge in [0.15, 0.2) is 0 Å². The van der Waals surface area contributed by atoms with Crippen molar-refractivity contribution in [2.75, 3.05) is 6.54 Å². The van der Waals surface area contributed by atoms with Crippen molar-refractivity contribution in [2.45, 2.75) is 25.1 Å². The summed E-state index contributed by atoms with van der Waals surface area (Å²) in [4.78, 5) is 2.52. The third-order valence-electron chi connectivity index (χ3n) is 4.82. The van der Waals surface area contributed by atoms with E-state index in [1.165, 1.54) is 11.1 Å². The molecule has 1 saturated heterocycles. The minimum Gasteiger partial charge on any atom is -0.388 e. The van der Waals surface area contributed by atoms with Crippen molar-refractivity contribution in [1.29, 1.82) is 0 Å². The van der Waals surface area contributed by atoms with Crippen LogP contribution in [0.4, 0.5) is 0 Å². The van der Waals surface area contributed by atoms with Crippen molar-refractivity contribution in [1.82, 2.24) is 4.90 Å². The molecule has 102 valence electrons. The fourth-order valence-electron chi connectivity index (χ4n) is 3.92. The van der Waals surface area contributed by atoms with E-state index in [1.54, 1.807) is 0 Å². The van der Waals surface area contributed by atoms with Crippen molar-refractivity contribution in [2.24, 2.45) is 5.92 Å². The van der Waals surface area contributed by atoms with Crippen LogP contribution in [0.15, 0.2) is 54.6 Å². The highest BCUT2D eigenvalue weighted by molar-refractivity contribution is 5.39. The number of hydrogen-bond acceptors (Lipinski definition) is 2. The fourth-order valence-corrected chi connectivity index (χ4v) is 3.92. The van der Waals surface area contributed by atoms with Crippen LogP contribution in [0, 0.1) is 5.92 Å². The quantitative estimate of drug-likeness (QED) is 0.900. The molecule has 0 bridgehead atoms. The van der Waals surface area contributed by atoms with E-state index in [2.05, 4.69) is 53.4 Å². The Morgan fingerprint density at radius 3 is 2.45 bits per heavy atom. The SMILES string of the molecule is O[C@@H]1c2ccccc2[C@@H]2[C@H]1CCN2Cc1ccccc1. The van der Waals surface area contributed by atoms with E-state index >= 15 is 0 Å². The van der Waals surface area contributed by atoms with Gasteiger partial charge in [0.1, 0.15) is 0 Å². The van der Waals surface area contributed by atoms with Crippen LogP contribution in [-0.4, -0.2) is 16.6 Å². The summed E-state index contributed by atoms with van der Waals surface area (Å²) in [6, 6.07) is 19.4. The highest BCUT2D eigenvalue weighted by Crippen LogP contribution is 2.52. The summed E-state index contributed by atoms with van der Waals surface area (Å²) in [6.45, 7) is 2.05. The molecule has 1 aliphatic heterocycles. The molecule has 3 atom stereocenters. The number of likely N-dealkylation sites (tertiary alicyclic amines) is 1. The Bertz CT molecular complexity index is 610. The lowest BCUT2D eigenvalue weighted by molar-refractivity contribution is 0.102. The monoisotopic (exact) mass is 265 g/mol. The normalized spacial score (nSPS) is 28.4. The first-order chi connectivity index (χ1) is 9.84. The average molecular weight is 265 g/mol. The minimum atomic E-state index is -0.281. The molecular formula is C18H19NO. The maximum atomic E-state index is 10.5. The van der Waals surface area contributed by atoms with Crippen molar-refractivity contribution in [3.8, 4) is 0 Å². The van der Waals surface area contributed by atoms with Gasteiger partial charge in [0, 0.05) is 18.5 Å². The number of rotatable bonds is 2. The van der Waals surface area contributed by atoms with Crippen LogP contribution in [0.2, 0.25) is 0 Å². The first kappa shape index (κ1) is 12.1. The van der Waals surface area contributed by atoms with Gasteiger partial charge in [0.05, 0.1) is 6.10 Å². The molecule has 2 aromatic carbocycles. The van der Waals surface area contributed by atoms with Crippen LogP contribution in [-0.2, 0) is 6.54 Å². The Morgan fingerprint density at radius 2 is 1.65 bits per heavy atom. The molecule has 2 nitrogen and oxygen atoms in total. The Labute approximate surface area is 119 Å². The van der Waals surface area contributed by atoms with E-state index in [9.17, 15) is 5.11 Å². The fraction of sp³-hybridized carbons (Fsp3) is 0.333. The van der Waals surface area contributed by atoms with Crippen LogP contribution in [0.3, 0.4) is 0 Å². The summed E-state index contributed by atoms with van der Waals surface area (Å²) >= 11 is 0. The number of fused-ring (bicyclic) bond motifs is 3. The zero-order chi connectivity index (χ0) is 13.5. The van der Waals surface area contributed by atoms with E-state index in [0.717, 1.165) is 25.1 Å². The predicted molar refractivity (Wildman–Crippen MR) is 79.1 cm³/mol. The van der Waals surface area contributed by atoms with Gasteiger partial charge in [0.2, 0.25) is 0 Å². The second-order valence-corrected chi connectivity index (χ2v) is 5.93. The molecule has 1 fully saturated rings. The molecule has 0 unspecified atom stereocenters. The lowest BCUT2D eigenvalue weighted by Crippen LogP contribution is -2.23. The molecular weight excluding hydrogens is 246 g/mol. The molecule has 2 heteroatoms. The van der Waals surface area contributed by atoms with Gasteiger partial charge in [-0.2, -0.15) is 0 Å². The third kappa shape index (κ3) is 1.80. The summed E-state index contributed by atoms with van der Waals surface area (Å²) in [5, 5.41) is 10.5. The largest absolute Gasteiger partial charge is 0.388 e. The zero-order valence-electron chi connectivity index (χ0n) is 11.4. The number of nitrogens with zero attached hydrogens (tertiary/aromatic N) is 1. The number of aliphatic hydroxyl groups excluding tert-OH is 1. The highest BCUT2D eigenvalue weighted by atomic mass is 16.3. The Kier molecular flexibility index (Phi) is 2.86. The molecule has 2 aliphatic rings. The number of benzene rings is 2. The van der Waals surface area contributed by atoms with Crippen LogP contribution in [0.5, 0.6) is 0 Å². The van der Waals surface area contributed by atoms with Gasteiger partial charge in [-0.05, 0) is 29.7 Å². The summed E-state index contributed by atoms with van der Waals surface area (Å²) in [6.07, 6.45) is 0.810. The molecule has 0 radical (unpaired) electrons. The molecule has 1 aliphatic carbocycles. The van der Waals surface area contributed by atoms with Crippen LogP contribution < -0.4 is 0 Å². The van der Waals surface area contributed by atoms with E-state index in [0.29, 0.717) is 12.0 Å². The highest BCUT2D eigenvalue weighted by Gasteiger charge is 2.46. The van der Waals surface area contributed by atoms with Crippen molar-refractivity contribution >= 4 is 0 Å². The van der Waals surface area contributed by atoms with Crippen molar-refractivity contribution in [3.05, 3.63) is 71.3 Å². The first-order valence-corrected chi connectivity index (χ1v) is 7.39. The standard InChI is InChI=1S/C18H19NO/c20-18-15-9-5-4-8-14(15)17-16(18)10-11-19(17)12-13-6-2-1-3-7-13/h1-9,16-18,20H,10-12H2/t16-,17-,18-/m1/s1. The molecule has 1 N–H and O–H groups in total. The predicted octanol–water partition coefficient (Wildman–Crippen LogP) is 3.30. The first-order valence-electron chi connectivity index (χ1n) is 7.39. The Balaban J connectivity index is 1.65. The summed E-state index contributed by atoms with van der Waals surface area (Å²) in [7, 11) is 0. The third-order valence-corrected chi connectivity index (χ3v) is 4.82. The number of aliphatic hydroxyl groups is 1. The number of hydrogen-bond donors (Lipinski definition) is 1. The lowest BCUT2D eigenvalue weighted by atomic mass is 9.99. The maximum absolute atomic E-state index is 10.5. The molecule has 0 saturated carbocycles. The van der Waals surface area contributed by atoms with E-state index in [4.69, 9.17) is 0 Å². The van der Waals surface area contributed by atoms with Gasteiger partial charge in [-0.25, -0.2) is 0 Å². The average Bonchev–Trinajstić information content (AvgIpc) is 3.02. The maximum Gasteiger partial charge on any atom is 0.0840 e. The van der Waals surface area contributed by atoms with Crippen molar-refractivity contribution < 1.29 is 5.11 Å². The van der Waals surface area contributed by atoms with Gasteiger partial charge in [0.25, 0.3) is 0 Å². The van der Waals surface area contributed by atoms with Gasteiger partial charge in [-0.15, -0.1) is 0 Å². The molecule has 20 heavy (non-hydrogen) atoms. The van der Waals surface area contributed by atoms with Crippen LogP contribution >= 0.6 is 0 Å². The van der Waals surface area contributed by atoms with Crippen LogP contribution in [0.25, 0.3) is 0 Å².